The normalized spacial score (nSPS) is 16.4. The molecule has 1 aromatic carbocycles. The molecule has 1 aromatic heterocycles. The van der Waals surface area contributed by atoms with Crippen LogP contribution in [0.4, 0.5) is 18.9 Å². The Hall–Kier alpha value is -3.43. The Morgan fingerprint density at radius 3 is 2.60 bits per heavy atom. The molecule has 2 aromatic rings. The summed E-state index contributed by atoms with van der Waals surface area (Å²) in [6.45, 7) is 0.324. The highest BCUT2D eigenvalue weighted by Crippen LogP contribution is 2.33. The number of hydrogen-bond donors (Lipinski definition) is 2. The van der Waals surface area contributed by atoms with Crippen molar-refractivity contribution in [2.75, 3.05) is 24.5 Å². The van der Waals surface area contributed by atoms with E-state index >= 15 is 0 Å². The number of carbonyl (C=O) groups excluding carboxylic acids is 3. The first-order valence-corrected chi connectivity index (χ1v) is 9.19. The molecule has 2 heterocycles. The number of amides is 3. The van der Waals surface area contributed by atoms with Crippen LogP contribution in [0.2, 0.25) is 0 Å². The minimum absolute atomic E-state index is 0.00593. The predicted octanol–water partition coefficient (Wildman–Crippen LogP) is 2.00. The molecule has 1 aliphatic heterocycles. The van der Waals surface area contributed by atoms with E-state index in [0.717, 1.165) is 12.1 Å². The Kier molecular flexibility index (Phi) is 6.34. The van der Waals surface area contributed by atoms with Crippen LogP contribution >= 0.6 is 0 Å². The lowest BCUT2D eigenvalue weighted by molar-refractivity contribution is -0.137. The van der Waals surface area contributed by atoms with Gasteiger partial charge in [-0.3, -0.25) is 19.4 Å². The molecule has 1 fully saturated rings. The first-order valence-electron chi connectivity index (χ1n) is 9.19. The summed E-state index contributed by atoms with van der Waals surface area (Å²) in [6.07, 6.45) is -1.65. The van der Waals surface area contributed by atoms with Crippen molar-refractivity contribution in [3.05, 3.63) is 59.9 Å². The quantitative estimate of drug-likeness (QED) is 0.700. The highest BCUT2D eigenvalue weighted by atomic mass is 19.4. The molecule has 2 N–H and O–H groups in total. The molecule has 3 amide bonds. The summed E-state index contributed by atoms with van der Waals surface area (Å²) < 4.78 is 38.7. The zero-order chi connectivity index (χ0) is 21.7. The number of benzene rings is 1. The number of alkyl halides is 3. The highest BCUT2D eigenvalue weighted by Gasteiger charge is 2.36. The van der Waals surface area contributed by atoms with Gasteiger partial charge in [0, 0.05) is 44.1 Å². The van der Waals surface area contributed by atoms with Crippen LogP contribution in [-0.2, 0) is 15.8 Å². The van der Waals surface area contributed by atoms with Gasteiger partial charge in [0.25, 0.3) is 5.91 Å². The molecule has 3 rings (SSSR count). The molecule has 1 atom stereocenters. The van der Waals surface area contributed by atoms with Crippen molar-refractivity contribution in [3.63, 3.8) is 0 Å². The largest absolute Gasteiger partial charge is 0.416 e. The van der Waals surface area contributed by atoms with Crippen molar-refractivity contribution in [2.24, 2.45) is 5.92 Å². The van der Waals surface area contributed by atoms with E-state index in [1.54, 1.807) is 18.3 Å². The first kappa shape index (κ1) is 21.3. The van der Waals surface area contributed by atoms with Crippen LogP contribution < -0.4 is 15.5 Å². The molecule has 0 spiro atoms. The van der Waals surface area contributed by atoms with Gasteiger partial charge in [-0.25, -0.2) is 0 Å². The van der Waals surface area contributed by atoms with Gasteiger partial charge in [-0.1, -0.05) is 6.07 Å². The molecule has 0 aliphatic carbocycles. The molecule has 0 saturated carbocycles. The summed E-state index contributed by atoms with van der Waals surface area (Å²) in [5.41, 5.74) is -0.360. The number of nitrogens with one attached hydrogen (secondary N) is 2. The standard InChI is InChI=1S/C20H19F3N4O3/c21-20(22,23)15-4-1-5-16(10-15)27-12-14(9-17(27)28)19(30)26-8-7-25-18(29)13-3-2-6-24-11-13/h1-6,10-11,14H,7-9,12H2,(H,25,29)(H,26,30)/t14-/m0/s1. The van der Waals surface area contributed by atoms with Crippen LogP contribution in [0.1, 0.15) is 22.3 Å². The minimum Gasteiger partial charge on any atom is -0.354 e. The van der Waals surface area contributed by atoms with E-state index in [9.17, 15) is 27.6 Å². The number of nitrogens with zero attached hydrogens (tertiary/aromatic N) is 2. The first-order chi connectivity index (χ1) is 14.3. The van der Waals surface area contributed by atoms with E-state index in [4.69, 9.17) is 0 Å². The lowest BCUT2D eigenvalue weighted by Gasteiger charge is -2.18. The smallest absolute Gasteiger partial charge is 0.354 e. The second-order valence-electron chi connectivity index (χ2n) is 6.74. The molecule has 30 heavy (non-hydrogen) atoms. The van der Waals surface area contributed by atoms with Gasteiger partial charge in [-0.05, 0) is 30.3 Å². The lowest BCUT2D eigenvalue weighted by Crippen LogP contribution is -2.38. The Morgan fingerprint density at radius 1 is 1.13 bits per heavy atom. The SMILES string of the molecule is O=C(NCCNC(=O)[C@H]1CC(=O)N(c2cccc(C(F)(F)F)c2)C1)c1cccnc1. The van der Waals surface area contributed by atoms with E-state index in [-0.39, 0.29) is 37.6 Å². The summed E-state index contributed by atoms with van der Waals surface area (Å²) in [7, 11) is 0. The zero-order valence-electron chi connectivity index (χ0n) is 15.8. The third kappa shape index (κ3) is 5.13. The molecule has 0 radical (unpaired) electrons. The van der Waals surface area contributed by atoms with Gasteiger partial charge < -0.3 is 15.5 Å². The van der Waals surface area contributed by atoms with Crippen LogP contribution in [-0.4, -0.2) is 42.3 Å². The van der Waals surface area contributed by atoms with E-state index in [1.807, 2.05) is 0 Å². The number of pyridine rings is 1. The maximum absolute atomic E-state index is 12.9. The number of anilines is 1. The maximum Gasteiger partial charge on any atom is 0.416 e. The van der Waals surface area contributed by atoms with Crippen LogP contribution in [0.3, 0.4) is 0 Å². The van der Waals surface area contributed by atoms with Crippen molar-refractivity contribution in [2.45, 2.75) is 12.6 Å². The summed E-state index contributed by atoms with van der Waals surface area (Å²) in [6, 6.07) is 7.68. The third-order valence-electron chi connectivity index (χ3n) is 4.61. The number of carbonyl (C=O) groups is 3. The molecular formula is C20H19F3N4O3. The second kappa shape index (κ2) is 8.93. The molecule has 1 aliphatic rings. The van der Waals surface area contributed by atoms with E-state index in [1.165, 1.54) is 23.2 Å². The molecule has 0 bridgehead atoms. The van der Waals surface area contributed by atoms with E-state index in [2.05, 4.69) is 15.6 Å². The fraction of sp³-hybridized carbons (Fsp3) is 0.300. The van der Waals surface area contributed by atoms with Gasteiger partial charge in [0.15, 0.2) is 0 Å². The summed E-state index contributed by atoms with van der Waals surface area (Å²) in [5, 5.41) is 5.26. The van der Waals surface area contributed by atoms with Crippen LogP contribution in [0.25, 0.3) is 0 Å². The van der Waals surface area contributed by atoms with E-state index in [0.29, 0.717) is 5.56 Å². The molecule has 1 saturated heterocycles. The lowest BCUT2D eigenvalue weighted by atomic mass is 10.1. The van der Waals surface area contributed by atoms with Gasteiger partial charge in [0.1, 0.15) is 0 Å². The fourth-order valence-corrected chi connectivity index (χ4v) is 3.09. The average molecular weight is 420 g/mol. The minimum atomic E-state index is -4.52. The summed E-state index contributed by atoms with van der Waals surface area (Å²) in [5.74, 6) is -1.82. The van der Waals surface area contributed by atoms with Gasteiger partial charge >= 0.3 is 6.18 Å². The molecule has 0 unspecified atom stereocenters. The van der Waals surface area contributed by atoms with Crippen LogP contribution in [0, 0.1) is 5.92 Å². The number of hydrogen-bond acceptors (Lipinski definition) is 4. The number of halogens is 3. The molecule has 10 heteroatoms. The molecule has 7 nitrogen and oxygen atoms in total. The van der Waals surface area contributed by atoms with Gasteiger partial charge in [-0.15, -0.1) is 0 Å². The maximum atomic E-state index is 12.9. The van der Waals surface area contributed by atoms with Crippen LogP contribution in [0.15, 0.2) is 48.8 Å². The summed E-state index contributed by atoms with van der Waals surface area (Å²) in [4.78, 5) is 41.5. The third-order valence-corrected chi connectivity index (χ3v) is 4.61. The molecule has 158 valence electrons. The topological polar surface area (TPSA) is 91.4 Å². The zero-order valence-corrected chi connectivity index (χ0v) is 15.8. The Bertz CT molecular complexity index is 934. The van der Waals surface area contributed by atoms with Gasteiger partial charge in [0.05, 0.1) is 17.0 Å². The Morgan fingerprint density at radius 2 is 1.90 bits per heavy atom. The Balaban J connectivity index is 1.50. The van der Waals surface area contributed by atoms with Gasteiger partial charge in [0.2, 0.25) is 11.8 Å². The van der Waals surface area contributed by atoms with Crippen molar-refractivity contribution < 1.29 is 27.6 Å². The van der Waals surface area contributed by atoms with E-state index < -0.39 is 29.5 Å². The molecular weight excluding hydrogens is 401 g/mol. The Labute approximate surface area is 170 Å². The predicted molar refractivity (Wildman–Crippen MR) is 101 cm³/mol. The highest BCUT2D eigenvalue weighted by molar-refractivity contribution is 6.00. The van der Waals surface area contributed by atoms with Crippen molar-refractivity contribution in [1.29, 1.82) is 0 Å². The average Bonchev–Trinajstić information content (AvgIpc) is 3.13. The monoisotopic (exact) mass is 420 g/mol. The van der Waals surface area contributed by atoms with Crippen molar-refractivity contribution in [1.82, 2.24) is 15.6 Å². The number of rotatable bonds is 6. The second-order valence-corrected chi connectivity index (χ2v) is 6.74. The number of aromatic nitrogens is 1. The fourth-order valence-electron chi connectivity index (χ4n) is 3.09. The van der Waals surface area contributed by atoms with Crippen molar-refractivity contribution >= 4 is 23.4 Å². The van der Waals surface area contributed by atoms with Crippen molar-refractivity contribution in [3.8, 4) is 0 Å². The van der Waals surface area contributed by atoms with Gasteiger partial charge in [-0.2, -0.15) is 13.2 Å². The van der Waals surface area contributed by atoms with Crippen LogP contribution in [0.5, 0.6) is 0 Å². The summed E-state index contributed by atoms with van der Waals surface area (Å²) >= 11 is 0.